The molecule has 0 bridgehead atoms. The molecule has 1 aromatic rings. The Morgan fingerprint density at radius 1 is 1.35 bits per heavy atom. The third-order valence-corrected chi connectivity index (χ3v) is 6.08. The zero-order valence-corrected chi connectivity index (χ0v) is 17.1. The molecule has 0 spiro atoms. The number of ether oxygens (including phenoxy) is 1. The predicted molar refractivity (Wildman–Crippen MR) is 101 cm³/mol. The molecule has 148 valence electrons. The Balaban J connectivity index is 2.31. The SMILES string of the molecule is C=P(O)(OC)OCC1OC(n2cc(C(C)(C)C)c(=O)[nH]c2=O)C(C)C1C. The van der Waals surface area contributed by atoms with Crippen LogP contribution < -0.4 is 11.2 Å². The van der Waals surface area contributed by atoms with Gasteiger partial charge in [0.1, 0.15) is 6.23 Å². The van der Waals surface area contributed by atoms with Gasteiger partial charge in [-0.1, -0.05) is 34.6 Å². The van der Waals surface area contributed by atoms with E-state index in [2.05, 4.69) is 11.3 Å². The van der Waals surface area contributed by atoms with E-state index in [-0.39, 0.29) is 30.1 Å². The summed E-state index contributed by atoms with van der Waals surface area (Å²) >= 11 is 0. The molecule has 2 rings (SSSR count). The quantitative estimate of drug-likeness (QED) is 0.747. The van der Waals surface area contributed by atoms with Gasteiger partial charge in [-0.2, -0.15) is 0 Å². The second-order valence-electron chi connectivity index (χ2n) is 7.86. The van der Waals surface area contributed by atoms with Crippen LogP contribution in [0.1, 0.15) is 46.4 Å². The summed E-state index contributed by atoms with van der Waals surface area (Å²) in [7, 11) is -1.77. The fourth-order valence-corrected chi connectivity index (χ4v) is 3.47. The highest BCUT2D eigenvalue weighted by Gasteiger charge is 2.41. The second-order valence-corrected chi connectivity index (χ2v) is 9.76. The molecule has 5 atom stereocenters. The normalized spacial score (nSPS) is 28.9. The number of hydrogen-bond donors (Lipinski definition) is 2. The third-order valence-electron chi connectivity index (χ3n) is 4.96. The number of H-pyrrole nitrogens is 1. The third kappa shape index (κ3) is 4.38. The Kier molecular flexibility index (Phi) is 6.05. The highest BCUT2D eigenvalue weighted by molar-refractivity contribution is 7.58. The summed E-state index contributed by atoms with van der Waals surface area (Å²) in [6, 6.07) is 0. The molecule has 9 heteroatoms. The lowest BCUT2D eigenvalue weighted by Gasteiger charge is -2.23. The van der Waals surface area contributed by atoms with Gasteiger partial charge in [0, 0.05) is 24.8 Å². The molecule has 8 nitrogen and oxygen atoms in total. The lowest BCUT2D eigenvalue weighted by molar-refractivity contribution is -0.0356. The van der Waals surface area contributed by atoms with Gasteiger partial charge in [-0.15, -0.1) is 0 Å². The van der Waals surface area contributed by atoms with Crippen molar-refractivity contribution in [1.82, 2.24) is 9.55 Å². The van der Waals surface area contributed by atoms with Crippen LogP contribution in [-0.2, 0) is 19.2 Å². The molecule has 1 aromatic heterocycles. The summed E-state index contributed by atoms with van der Waals surface area (Å²) in [6.07, 6.45) is 4.21. The maximum absolute atomic E-state index is 12.4. The van der Waals surface area contributed by atoms with Crippen molar-refractivity contribution in [3.05, 3.63) is 32.6 Å². The van der Waals surface area contributed by atoms with Crippen LogP contribution in [0, 0.1) is 11.8 Å². The van der Waals surface area contributed by atoms with Crippen molar-refractivity contribution < 1.29 is 18.7 Å². The maximum atomic E-state index is 12.4. The average Bonchev–Trinajstić information content (AvgIpc) is 2.80. The molecule has 2 heterocycles. The Bertz CT molecular complexity index is 809. The number of nitrogens with zero attached hydrogens (tertiary/aromatic N) is 1. The largest absolute Gasteiger partial charge is 0.352 e. The van der Waals surface area contributed by atoms with Gasteiger partial charge in [0.05, 0.1) is 12.7 Å². The highest BCUT2D eigenvalue weighted by atomic mass is 31.2. The van der Waals surface area contributed by atoms with Gasteiger partial charge in [-0.25, -0.2) is 4.79 Å². The minimum atomic E-state index is -3.11. The second kappa shape index (κ2) is 7.44. The molecule has 2 N–H and O–H groups in total. The highest BCUT2D eigenvalue weighted by Crippen LogP contribution is 2.44. The first-order chi connectivity index (χ1) is 11.9. The van der Waals surface area contributed by atoms with Gasteiger partial charge in [-0.05, 0) is 17.6 Å². The lowest BCUT2D eigenvalue weighted by Crippen LogP contribution is -2.38. The fraction of sp³-hybridized carbons (Fsp3) is 0.706. The smallest absolute Gasteiger partial charge is 0.330 e. The minimum Gasteiger partial charge on any atom is -0.352 e. The topological polar surface area (TPSA) is 103 Å². The Morgan fingerprint density at radius 3 is 2.50 bits per heavy atom. The standard InChI is InChI=1S/C17H29N2O6P/c1-10-11(2)15(25-13(10)9-24-26(7,22)23-6)19-8-12(17(3,4)5)14(20)18-16(19)21/h8,10-11,13,15,22H,7,9H2,1-6H3,(H,18,20,21). The summed E-state index contributed by atoms with van der Waals surface area (Å²) in [6.45, 7) is 9.81. The molecule has 1 fully saturated rings. The molecule has 1 aliphatic heterocycles. The first-order valence-corrected chi connectivity index (χ1v) is 10.3. The van der Waals surface area contributed by atoms with Crippen molar-refractivity contribution in [2.24, 2.45) is 11.8 Å². The number of aromatic nitrogens is 2. The number of nitrogens with one attached hydrogen (secondary N) is 1. The summed E-state index contributed by atoms with van der Waals surface area (Å²) in [5.41, 5.74) is -0.791. The number of hydrogen-bond acceptors (Lipinski definition) is 6. The van der Waals surface area contributed by atoms with E-state index in [4.69, 9.17) is 13.8 Å². The Labute approximate surface area is 153 Å². The summed E-state index contributed by atoms with van der Waals surface area (Å²) in [4.78, 5) is 36.7. The molecular formula is C17H29N2O6P. The van der Waals surface area contributed by atoms with Crippen LogP contribution >= 0.6 is 7.57 Å². The predicted octanol–water partition coefficient (Wildman–Crippen LogP) is 1.85. The van der Waals surface area contributed by atoms with E-state index in [9.17, 15) is 14.5 Å². The van der Waals surface area contributed by atoms with Gasteiger partial charge < -0.3 is 18.7 Å². The monoisotopic (exact) mass is 388 g/mol. The van der Waals surface area contributed by atoms with E-state index >= 15 is 0 Å². The zero-order valence-electron chi connectivity index (χ0n) is 16.2. The molecular weight excluding hydrogens is 359 g/mol. The van der Waals surface area contributed by atoms with E-state index in [0.717, 1.165) is 0 Å². The molecule has 0 aliphatic carbocycles. The van der Waals surface area contributed by atoms with Gasteiger partial charge in [0.15, 0.2) is 0 Å². The van der Waals surface area contributed by atoms with Crippen LogP contribution in [-0.4, -0.2) is 40.6 Å². The van der Waals surface area contributed by atoms with Crippen LogP contribution in [0.2, 0.25) is 0 Å². The van der Waals surface area contributed by atoms with Gasteiger partial charge in [-0.3, -0.25) is 14.3 Å². The van der Waals surface area contributed by atoms with Crippen molar-refractivity contribution in [2.45, 2.75) is 52.4 Å². The summed E-state index contributed by atoms with van der Waals surface area (Å²) < 4.78 is 17.7. The molecule has 0 radical (unpaired) electrons. The zero-order chi connectivity index (χ0) is 19.9. The number of aromatic amines is 1. The molecule has 0 amide bonds. The molecule has 1 saturated heterocycles. The average molecular weight is 388 g/mol. The summed E-state index contributed by atoms with van der Waals surface area (Å²) in [5.74, 6) is 0.0626. The molecule has 0 aromatic carbocycles. The Morgan fingerprint density at radius 2 is 1.96 bits per heavy atom. The Hall–Kier alpha value is -1.18. The number of rotatable bonds is 5. The van der Waals surface area contributed by atoms with E-state index in [0.29, 0.717) is 5.56 Å². The summed E-state index contributed by atoms with van der Waals surface area (Å²) in [5, 5.41) is 0. The van der Waals surface area contributed by atoms with Crippen molar-refractivity contribution in [3.63, 3.8) is 0 Å². The van der Waals surface area contributed by atoms with E-state index < -0.39 is 24.9 Å². The first kappa shape index (κ1) is 21.1. The van der Waals surface area contributed by atoms with Crippen molar-refractivity contribution >= 4 is 13.9 Å². The molecule has 1 aliphatic rings. The van der Waals surface area contributed by atoms with Crippen molar-refractivity contribution in [1.29, 1.82) is 0 Å². The van der Waals surface area contributed by atoms with Crippen LogP contribution in [0.5, 0.6) is 0 Å². The van der Waals surface area contributed by atoms with Crippen LogP contribution in [0.25, 0.3) is 0 Å². The maximum Gasteiger partial charge on any atom is 0.330 e. The van der Waals surface area contributed by atoms with Crippen LogP contribution in [0.15, 0.2) is 15.8 Å². The first-order valence-electron chi connectivity index (χ1n) is 8.55. The van der Waals surface area contributed by atoms with Gasteiger partial charge in [0.25, 0.3) is 5.56 Å². The van der Waals surface area contributed by atoms with Gasteiger partial charge in [0.2, 0.25) is 7.57 Å². The van der Waals surface area contributed by atoms with Crippen molar-refractivity contribution in [2.75, 3.05) is 13.7 Å². The minimum absolute atomic E-state index is 0.00110. The van der Waals surface area contributed by atoms with E-state index in [1.165, 1.54) is 11.7 Å². The fourth-order valence-electron chi connectivity index (χ4n) is 2.99. The lowest BCUT2D eigenvalue weighted by atomic mass is 9.89. The molecule has 26 heavy (non-hydrogen) atoms. The van der Waals surface area contributed by atoms with Crippen molar-refractivity contribution in [3.8, 4) is 0 Å². The van der Waals surface area contributed by atoms with Crippen LogP contribution in [0.3, 0.4) is 0 Å². The molecule has 5 unspecified atom stereocenters. The van der Waals surface area contributed by atoms with Crippen LogP contribution in [0.4, 0.5) is 0 Å². The molecule has 0 saturated carbocycles. The van der Waals surface area contributed by atoms with Gasteiger partial charge >= 0.3 is 5.69 Å². The van der Waals surface area contributed by atoms with E-state index in [1.807, 2.05) is 34.6 Å². The van der Waals surface area contributed by atoms with E-state index in [1.54, 1.807) is 6.20 Å².